The molecule has 0 spiro atoms. The highest BCUT2D eigenvalue weighted by Gasteiger charge is 2.05. The van der Waals surface area contributed by atoms with E-state index in [0.29, 0.717) is 5.15 Å². The van der Waals surface area contributed by atoms with Crippen LogP contribution >= 0.6 is 11.6 Å². The Hall–Kier alpha value is -1.09. The fourth-order valence-corrected chi connectivity index (χ4v) is 1.66. The second kappa shape index (κ2) is 3.96. The molecule has 0 bridgehead atoms. The fraction of sp³-hybridized carbons (Fsp3) is 0.400. The molecule has 0 atom stereocenters. The van der Waals surface area contributed by atoms with Crippen LogP contribution in [0.25, 0.3) is 10.9 Å². The number of halogens is 1. The molecule has 3 nitrogen and oxygen atoms in total. The Morgan fingerprint density at radius 2 is 2.36 bits per heavy atom. The number of aryl methyl sites for hydroxylation is 1. The smallest absolute Gasteiger partial charge is 0.139 e. The maximum absolute atomic E-state index is 5.94. The van der Waals surface area contributed by atoms with Crippen molar-refractivity contribution < 1.29 is 0 Å². The number of fused-ring (bicyclic) bond motifs is 1. The van der Waals surface area contributed by atoms with Gasteiger partial charge in [-0.3, -0.25) is 4.68 Å². The number of hydrogen-bond donors (Lipinski definition) is 0. The van der Waals surface area contributed by atoms with Crippen LogP contribution in [0.5, 0.6) is 0 Å². The standard InChI is InChI=1S/C10H12ClN3/c1-2-3-6-14-9-4-5-12-10(11)8(9)7-13-14/h4-5,7H,2-3,6H2,1H3. The first-order valence-corrected chi connectivity index (χ1v) is 5.16. The zero-order valence-electron chi connectivity index (χ0n) is 8.07. The molecular weight excluding hydrogens is 198 g/mol. The van der Waals surface area contributed by atoms with Gasteiger partial charge in [-0.15, -0.1) is 0 Å². The van der Waals surface area contributed by atoms with Crippen molar-refractivity contribution in [3.63, 3.8) is 0 Å². The molecule has 2 aromatic rings. The molecular formula is C10H12ClN3. The number of hydrogen-bond acceptors (Lipinski definition) is 2. The molecule has 0 fully saturated rings. The Kier molecular flexibility index (Phi) is 2.68. The van der Waals surface area contributed by atoms with Gasteiger partial charge in [0.1, 0.15) is 5.15 Å². The molecule has 2 aromatic heterocycles. The topological polar surface area (TPSA) is 30.7 Å². The zero-order valence-corrected chi connectivity index (χ0v) is 8.83. The lowest BCUT2D eigenvalue weighted by molar-refractivity contribution is 0.588. The minimum absolute atomic E-state index is 0.533. The zero-order chi connectivity index (χ0) is 9.97. The van der Waals surface area contributed by atoms with Crippen LogP contribution in [0.4, 0.5) is 0 Å². The van der Waals surface area contributed by atoms with Crippen molar-refractivity contribution in [2.24, 2.45) is 0 Å². The van der Waals surface area contributed by atoms with Crippen molar-refractivity contribution in [2.45, 2.75) is 26.3 Å². The van der Waals surface area contributed by atoms with Gasteiger partial charge in [-0.2, -0.15) is 5.10 Å². The molecule has 0 aliphatic heterocycles. The Balaban J connectivity index is 2.42. The van der Waals surface area contributed by atoms with E-state index in [1.54, 1.807) is 12.4 Å². The van der Waals surface area contributed by atoms with Crippen LogP contribution in [0, 0.1) is 0 Å². The van der Waals surface area contributed by atoms with Gasteiger partial charge in [-0.05, 0) is 12.5 Å². The average Bonchev–Trinajstić information content (AvgIpc) is 2.60. The number of nitrogens with zero attached hydrogens (tertiary/aromatic N) is 3. The van der Waals surface area contributed by atoms with Crippen molar-refractivity contribution in [3.8, 4) is 0 Å². The summed E-state index contributed by atoms with van der Waals surface area (Å²) < 4.78 is 1.98. The summed E-state index contributed by atoms with van der Waals surface area (Å²) in [5.41, 5.74) is 1.07. The molecule has 2 heterocycles. The van der Waals surface area contributed by atoms with E-state index >= 15 is 0 Å². The van der Waals surface area contributed by atoms with Gasteiger partial charge in [0.05, 0.1) is 17.1 Å². The molecule has 0 saturated carbocycles. The van der Waals surface area contributed by atoms with E-state index in [1.807, 2.05) is 10.7 Å². The molecule has 0 unspecified atom stereocenters. The number of aromatic nitrogens is 3. The fourth-order valence-electron chi connectivity index (χ4n) is 1.46. The van der Waals surface area contributed by atoms with E-state index in [-0.39, 0.29) is 0 Å². The first-order valence-electron chi connectivity index (χ1n) is 4.79. The molecule has 4 heteroatoms. The molecule has 0 aliphatic carbocycles. The third kappa shape index (κ3) is 1.60. The maximum atomic E-state index is 5.94. The van der Waals surface area contributed by atoms with Gasteiger partial charge in [0.15, 0.2) is 0 Å². The van der Waals surface area contributed by atoms with Gasteiger partial charge in [-0.25, -0.2) is 4.98 Å². The predicted octanol–water partition coefficient (Wildman–Crippen LogP) is 2.88. The third-order valence-corrected chi connectivity index (χ3v) is 2.55. The lowest BCUT2D eigenvalue weighted by Gasteiger charge is -2.01. The Morgan fingerprint density at radius 3 is 3.14 bits per heavy atom. The molecule has 0 aliphatic rings. The van der Waals surface area contributed by atoms with Gasteiger partial charge in [0, 0.05) is 12.7 Å². The summed E-state index contributed by atoms with van der Waals surface area (Å²) in [5.74, 6) is 0. The minimum Gasteiger partial charge on any atom is -0.265 e. The summed E-state index contributed by atoms with van der Waals surface area (Å²) in [4.78, 5) is 4.01. The van der Waals surface area contributed by atoms with Crippen molar-refractivity contribution in [1.82, 2.24) is 14.8 Å². The molecule has 0 amide bonds. The number of rotatable bonds is 3. The highest BCUT2D eigenvalue weighted by Crippen LogP contribution is 2.20. The summed E-state index contributed by atoms with van der Waals surface area (Å²) in [6, 6.07) is 1.95. The molecule has 0 saturated heterocycles. The molecule has 14 heavy (non-hydrogen) atoms. The molecule has 0 N–H and O–H groups in total. The first-order chi connectivity index (χ1) is 6.83. The summed E-state index contributed by atoms with van der Waals surface area (Å²) in [6.45, 7) is 3.11. The first kappa shape index (κ1) is 9.46. The average molecular weight is 210 g/mol. The van der Waals surface area contributed by atoms with Crippen LogP contribution in [0.2, 0.25) is 5.15 Å². The Bertz CT molecular complexity index is 436. The lowest BCUT2D eigenvalue weighted by Crippen LogP contribution is -1.98. The van der Waals surface area contributed by atoms with E-state index in [4.69, 9.17) is 11.6 Å². The van der Waals surface area contributed by atoms with Gasteiger partial charge < -0.3 is 0 Å². The minimum atomic E-state index is 0.533. The summed E-state index contributed by atoms with van der Waals surface area (Å²) in [7, 11) is 0. The van der Waals surface area contributed by atoms with Gasteiger partial charge in [0.2, 0.25) is 0 Å². The monoisotopic (exact) mass is 209 g/mol. The van der Waals surface area contributed by atoms with Gasteiger partial charge >= 0.3 is 0 Å². The van der Waals surface area contributed by atoms with E-state index < -0.39 is 0 Å². The molecule has 0 radical (unpaired) electrons. The van der Waals surface area contributed by atoms with Crippen LogP contribution in [-0.2, 0) is 6.54 Å². The lowest BCUT2D eigenvalue weighted by atomic mass is 10.3. The molecule has 2 rings (SSSR count). The number of pyridine rings is 1. The maximum Gasteiger partial charge on any atom is 0.139 e. The predicted molar refractivity (Wildman–Crippen MR) is 57.4 cm³/mol. The van der Waals surface area contributed by atoms with Crippen molar-refractivity contribution in [1.29, 1.82) is 0 Å². The number of unbranched alkanes of at least 4 members (excludes halogenated alkanes) is 1. The van der Waals surface area contributed by atoms with Crippen LogP contribution in [-0.4, -0.2) is 14.8 Å². The SMILES string of the molecule is CCCCn1ncc2c(Cl)nccc21. The third-order valence-electron chi connectivity index (χ3n) is 2.25. The summed E-state index contributed by atoms with van der Waals surface area (Å²) in [6.07, 6.45) is 5.80. The Labute approximate surface area is 87.7 Å². The normalized spacial score (nSPS) is 11.0. The highest BCUT2D eigenvalue weighted by molar-refractivity contribution is 6.34. The molecule has 74 valence electrons. The second-order valence-corrected chi connectivity index (χ2v) is 3.61. The van der Waals surface area contributed by atoms with Crippen LogP contribution in [0.1, 0.15) is 19.8 Å². The summed E-state index contributed by atoms with van der Waals surface area (Å²) in [5, 5.41) is 5.75. The molecule has 0 aromatic carbocycles. The second-order valence-electron chi connectivity index (χ2n) is 3.26. The van der Waals surface area contributed by atoms with Crippen molar-refractivity contribution in [3.05, 3.63) is 23.6 Å². The van der Waals surface area contributed by atoms with Crippen molar-refractivity contribution >= 4 is 22.5 Å². The van der Waals surface area contributed by atoms with Gasteiger partial charge in [-0.1, -0.05) is 24.9 Å². The Morgan fingerprint density at radius 1 is 1.50 bits per heavy atom. The largest absolute Gasteiger partial charge is 0.265 e. The highest BCUT2D eigenvalue weighted by atomic mass is 35.5. The van der Waals surface area contributed by atoms with E-state index in [9.17, 15) is 0 Å². The van der Waals surface area contributed by atoms with E-state index in [1.165, 1.54) is 6.42 Å². The summed E-state index contributed by atoms with van der Waals surface area (Å²) >= 11 is 5.94. The van der Waals surface area contributed by atoms with E-state index in [0.717, 1.165) is 23.9 Å². The van der Waals surface area contributed by atoms with Crippen LogP contribution in [0.3, 0.4) is 0 Å². The van der Waals surface area contributed by atoms with E-state index in [2.05, 4.69) is 17.0 Å². The van der Waals surface area contributed by atoms with Crippen molar-refractivity contribution in [2.75, 3.05) is 0 Å². The van der Waals surface area contributed by atoms with Crippen LogP contribution in [0.15, 0.2) is 18.5 Å². The quantitative estimate of drug-likeness (QED) is 0.728. The van der Waals surface area contributed by atoms with Gasteiger partial charge in [0.25, 0.3) is 0 Å². The van der Waals surface area contributed by atoms with Crippen LogP contribution < -0.4 is 0 Å².